The van der Waals surface area contributed by atoms with Crippen LogP contribution in [0.25, 0.3) is 0 Å². The fourth-order valence-corrected chi connectivity index (χ4v) is 1.88. The zero-order chi connectivity index (χ0) is 10.5. The van der Waals surface area contributed by atoms with Gasteiger partial charge in [0.2, 0.25) is 5.88 Å². The van der Waals surface area contributed by atoms with Crippen LogP contribution in [-0.4, -0.2) is 21.7 Å². The average Bonchev–Trinajstić information content (AvgIpc) is 2.80. The van der Waals surface area contributed by atoms with E-state index in [0.29, 0.717) is 17.5 Å². The Bertz CT molecular complexity index is 294. The molecule has 1 N–H and O–H groups in total. The van der Waals surface area contributed by atoms with Crippen molar-refractivity contribution < 1.29 is 9.84 Å². The van der Waals surface area contributed by atoms with Crippen molar-refractivity contribution in [2.24, 2.45) is 5.92 Å². The van der Waals surface area contributed by atoms with Gasteiger partial charge in [-0.3, -0.25) is 4.98 Å². The van der Waals surface area contributed by atoms with Crippen molar-refractivity contribution in [3.8, 4) is 5.88 Å². The van der Waals surface area contributed by atoms with Crippen LogP contribution in [-0.2, 0) is 6.61 Å². The molecule has 0 spiro atoms. The highest BCUT2D eigenvalue weighted by Crippen LogP contribution is 2.24. The summed E-state index contributed by atoms with van der Waals surface area (Å²) in [5.41, 5.74) is 0.572. The Morgan fingerprint density at radius 3 is 2.67 bits per heavy atom. The lowest BCUT2D eigenvalue weighted by Gasteiger charge is -2.09. The maximum atomic E-state index is 8.79. The van der Waals surface area contributed by atoms with Gasteiger partial charge in [-0.25, -0.2) is 4.98 Å². The first-order valence-corrected chi connectivity index (χ1v) is 5.43. The topological polar surface area (TPSA) is 55.2 Å². The zero-order valence-corrected chi connectivity index (χ0v) is 8.72. The van der Waals surface area contributed by atoms with E-state index in [1.807, 2.05) is 0 Å². The van der Waals surface area contributed by atoms with Crippen molar-refractivity contribution in [1.29, 1.82) is 0 Å². The lowest BCUT2D eigenvalue weighted by molar-refractivity contribution is 0.240. The van der Waals surface area contributed by atoms with Crippen LogP contribution in [0.5, 0.6) is 5.88 Å². The van der Waals surface area contributed by atoms with Crippen molar-refractivity contribution in [2.75, 3.05) is 6.61 Å². The molecule has 0 aromatic carbocycles. The van der Waals surface area contributed by atoms with Crippen molar-refractivity contribution in [2.45, 2.75) is 32.3 Å². The van der Waals surface area contributed by atoms with Crippen LogP contribution in [0.4, 0.5) is 0 Å². The SMILES string of the molecule is OCc1cnc(OCC2CCCC2)cn1. The van der Waals surface area contributed by atoms with Crippen molar-refractivity contribution in [3.63, 3.8) is 0 Å². The quantitative estimate of drug-likeness (QED) is 0.815. The molecule has 1 aromatic rings. The number of nitrogens with zero attached hydrogens (tertiary/aromatic N) is 2. The third kappa shape index (κ3) is 2.89. The Morgan fingerprint density at radius 1 is 1.27 bits per heavy atom. The van der Waals surface area contributed by atoms with Gasteiger partial charge in [-0.2, -0.15) is 0 Å². The van der Waals surface area contributed by atoms with Gasteiger partial charge in [0.25, 0.3) is 0 Å². The first-order valence-electron chi connectivity index (χ1n) is 5.43. The Kier molecular flexibility index (Phi) is 3.50. The molecule has 4 nitrogen and oxygen atoms in total. The van der Waals surface area contributed by atoms with E-state index in [-0.39, 0.29) is 6.61 Å². The molecule has 82 valence electrons. The Morgan fingerprint density at radius 2 is 2.07 bits per heavy atom. The molecule has 1 aliphatic rings. The van der Waals surface area contributed by atoms with Crippen LogP contribution in [0, 0.1) is 5.92 Å². The number of aliphatic hydroxyl groups excluding tert-OH is 1. The maximum Gasteiger partial charge on any atom is 0.232 e. The fraction of sp³-hybridized carbons (Fsp3) is 0.636. The van der Waals surface area contributed by atoms with E-state index >= 15 is 0 Å². The Balaban J connectivity index is 1.82. The molecule has 1 aromatic heterocycles. The van der Waals surface area contributed by atoms with Gasteiger partial charge in [0, 0.05) is 0 Å². The summed E-state index contributed by atoms with van der Waals surface area (Å²) < 4.78 is 5.53. The van der Waals surface area contributed by atoms with Crippen LogP contribution >= 0.6 is 0 Å². The number of ether oxygens (including phenoxy) is 1. The van der Waals surface area contributed by atoms with E-state index in [4.69, 9.17) is 9.84 Å². The molecule has 0 radical (unpaired) electrons. The number of aliphatic hydroxyl groups is 1. The highest BCUT2D eigenvalue weighted by Gasteiger charge is 2.15. The molecule has 2 rings (SSSR count). The van der Waals surface area contributed by atoms with Crippen LogP contribution in [0.15, 0.2) is 12.4 Å². The minimum Gasteiger partial charge on any atom is -0.476 e. The van der Waals surface area contributed by atoms with Gasteiger partial charge in [-0.05, 0) is 18.8 Å². The van der Waals surface area contributed by atoms with Crippen molar-refractivity contribution in [1.82, 2.24) is 9.97 Å². The molecule has 1 aliphatic carbocycles. The van der Waals surface area contributed by atoms with Crippen LogP contribution in [0.2, 0.25) is 0 Å². The summed E-state index contributed by atoms with van der Waals surface area (Å²) in [6, 6.07) is 0. The Hall–Kier alpha value is -1.16. The average molecular weight is 208 g/mol. The molecule has 4 heteroatoms. The maximum absolute atomic E-state index is 8.79. The summed E-state index contributed by atoms with van der Waals surface area (Å²) in [4.78, 5) is 8.07. The predicted octanol–water partition coefficient (Wildman–Crippen LogP) is 1.54. The third-order valence-electron chi connectivity index (χ3n) is 2.79. The molecule has 0 aliphatic heterocycles. The molecule has 1 heterocycles. The van der Waals surface area contributed by atoms with Gasteiger partial charge in [0.05, 0.1) is 31.3 Å². The summed E-state index contributed by atoms with van der Waals surface area (Å²) in [6.07, 6.45) is 8.29. The molecule has 0 bridgehead atoms. The molecular formula is C11H16N2O2. The van der Waals surface area contributed by atoms with E-state index in [0.717, 1.165) is 6.61 Å². The highest BCUT2D eigenvalue weighted by molar-refractivity contribution is 5.06. The molecular weight excluding hydrogens is 192 g/mol. The summed E-state index contributed by atoms with van der Waals surface area (Å²) in [5.74, 6) is 1.24. The van der Waals surface area contributed by atoms with Crippen LogP contribution in [0.1, 0.15) is 31.4 Å². The second-order valence-electron chi connectivity index (χ2n) is 3.97. The molecule has 1 saturated carbocycles. The van der Waals surface area contributed by atoms with Gasteiger partial charge >= 0.3 is 0 Å². The van der Waals surface area contributed by atoms with Gasteiger partial charge < -0.3 is 9.84 Å². The third-order valence-corrected chi connectivity index (χ3v) is 2.79. The van der Waals surface area contributed by atoms with E-state index < -0.39 is 0 Å². The summed E-state index contributed by atoms with van der Waals surface area (Å²) in [7, 11) is 0. The van der Waals surface area contributed by atoms with E-state index in [9.17, 15) is 0 Å². The summed E-state index contributed by atoms with van der Waals surface area (Å²) in [6.45, 7) is 0.670. The van der Waals surface area contributed by atoms with E-state index in [1.54, 1.807) is 12.4 Å². The number of aromatic nitrogens is 2. The lowest BCUT2D eigenvalue weighted by Crippen LogP contribution is -2.09. The van der Waals surface area contributed by atoms with Crippen molar-refractivity contribution >= 4 is 0 Å². The predicted molar refractivity (Wildman–Crippen MR) is 55.4 cm³/mol. The molecule has 0 saturated heterocycles. The summed E-state index contributed by atoms with van der Waals surface area (Å²) in [5, 5.41) is 8.79. The second-order valence-corrected chi connectivity index (χ2v) is 3.97. The second kappa shape index (κ2) is 5.07. The first-order chi connectivity index (χ1) is 7.38. The number of hydrogen-bond donors (Lipinski definition) is 1. The Labute approximate surface area is 89.3 Å². The van der Waals surface area contributed by atoms with Crippen molar-refractivity contribution in [3.05, 3.63) is 18.1 Å². The normalized spacial score (nSPS) is 16.9. The number of hydrogen-bond acceptors (Lipinski definition) is 4. The molecule has 0 unspecified atom stereocenters. The minimum absolute atomic E-state index is 0.0735. The van der Waals surface area contributed by atoms with Crippen LogP contribution < -0.4 is 4.74 Å². The van der Waals surface area contributed by atoms with Crippen LogP contribution in [0.3, 0.4) is 0 Å². The summed E-state index contributed by atoms with van der Waals surface area (Å²) >= 11 is 0. The molecule has 0 amide bonds. The molecule has 15 heavy (non-hydrogen) atoms. The van der Waals surface area contributed by atoms with Gasteiger partial charge in [0.15, 0.2) is 0 Å². The standard InChI is InChI=1S/C11H16N2O2/c14-7-10-5-13-11(6-12-10)15-8-9-3-1-2-4-9/h5-6,9,14H,1-4,7-8H2. The fourth-order valence-electron chi connectivity index (χ4n) is 1.88. The lowest BCUT2D eigenvalue weighted by atomic mass is 10.1. The van der Waals surface area contributed by atoms with E-state index in [2.05, 4.69) is 9.97 Å². The molecule has 0 atom stereocenters. The van der Waals surface area contributed by atoms with E-state index in [1.165, 1.54) is 25.7 Å². The minimum atomic E-state index is -0.0735. The van der Waals surface area contributed by atoms with Gasteiger partial charge in [0.1, 0.15) is 0 Å². The largest absolute Gasteiger partial charge is 0.476 e. The zero-order valence-electron chi connectivity index (χ0n) is 8.72. The number of rotatable bonds is 4. The smallest absolute Gasteiger partial charge is 0.232 e. The van der Waals surface area contributed by atoms with Gasteiger partial charge in [-0.15, -0.1) is 0 Å². The first kappa shape index (κ1) is 10.4. The molecule has 1 fully saturated rings. The highest BCUT2D eigenvalue weighted by atomic mass is 16.5. The monoisotopic (exact) mass is 208 g/mol. The van der Waals surface area contributed by atoms with Gasteiger partial charge in [-0.1, -0.05) is 12.8 Å².